The van der Waals surface area contributed by atoms with Crippen molar-refractivity contribution in [1.29, 1.82) is 0 Å². The molecule has 5 nitrogen and oxygen atoms in total. The number of benzene rings is 1. The van der Waals surface area contributed by atoms with E-state index in [4.69, 9.17) is 4.74 Å². The van der Waals surface area contributed by atoms with E-state index in [-0.39, 0.29) is 6.54 Å². The Bertz CT molecular complexity index is 787. The minimum atomic E-state index is -4.42. The lowest BCUT2D eigenvalue weighted by atomic mass is 10.2. The molecule has 1 heterocycles. The highest BCUT2D eigenvalue weighted by Crippen LogP contribution is 2.31. The monoisotopic (exact) mass is 398 g/mol. The van der Waals surface area contributed by atoms with E-state index in [0.717, 1.165) is 34.6 Å². The molecule has 0 radical (unpaired) electrons. The summed E-state index contributed by atoms with van der Waals surface area (Å²) in [7, 11) is 1.60. The number of aliphatic imine (C=N–C) groups is 1. The third kappa shape index (κ3) is 5.85. The predicted octanol–water partition coefficient (Wildman–Crippen LogP) is 3.82. The predicted molar refractivity (Wildman–Crippen MR) is 98.8 cm³/mol. The van der Waals surface area contributed by atoms with Gasteiger partial charge in [-0.3, -0.25) is 4.99 Å². The van der Waals surface area contributed by atoms with Crippen LogP contribution in [0.5, 0.6) is 5.75 Å². The van der Waals surface area contributed by atoms with Crippen molar-refractivity contribution in [3.05, 3.63) is 45.9 Å². The number of alkyl halides is 3. The van der Waals surface area contributed by atoms with Crippen LogP contribution in [0.25, 0.3) is 0 Å². The normalized spacial score (nSPS) is 14.9. The van der Waals surface area contributed by atoms with Gasteiger partial charge in [0.2, 0.25) is 0 Å². The van der Waals surface area contributed by atoms with Crippen molar-refractivity contribution in [2.75, 3.05) is 13.7 Å². The van der Waals surface area contributed by atoms with Crippen LogP contribution in [0.3, 0.4) is 0 Å². The van der Waals surface area contributed by atoms with Gasteiger partial charge in [0.25, 0.3) is 0 Å². The number of nitrogens with zero attached hydrogens (tertiary/aromatic N) is 2. The number of rotatable bonds is 7. The molecule has 1 aliphatic carbocycles. The molecule has 1 aromatic carbocycles. The maximum Gasteiger partial charge on any atom is 0.434 e. The molecule has 0 amide bonds. The largest absolute Gasteiger partial charge is 0.493 e. The molecule has 27 heavy (non-hydrogen) atoms. The Morgan fingerprint density at radius 2 is 2.00 bits per heavy atom. The number of guanidine groups is 1. The van der Waals surface area contributed by atoms with Gasteiger partial charge in [0.15, 0.2) is 11.7 Å². The summed E-state index contributed by atoms with van der Waals surface area (Å²) in [4.78, 5) is 7.69. The summed E-state index contributed by atoms with van der Waals surface area (Å²) in [6.45, 7) is 1.39. The number of thiazole rings is 1. The van der Waals surface area contributed by atoms with E-state index in [9.17, 15) is 13.2 Å². The van der Waals surface area contributed by atoms with Crippen molar-refractivity contribution >= 4 is 17.3 Å². The van der Waals surface area contributed by atoms with Crippen LogP contribution in [-0.4, -0.2) is 24.6 Å². The van der Waals surface area contributed by atoms with E-state index in [1.165, 1.54) is 12.8 Å². The summed E-state index contributed by atoms with van der Waals surface area (Å²) in [5.41, 5.74) is 0.128. The maximum absolute atomic E-state index is 12.6. The number of halogens is 3. The lowest BCUT2D eigenvalue weighted by molar-refractivity contribution is -0.140. The van der Waals surface area contributed by atoms with E-state index in [1.54, 1.807) is 7.05 Å². The molecular formula is C18H21F3N4OS. The lowest BCUT2D eigenvalue weighted by Crippen LogP contribution is -2.36. The van der Waals surface area contributed by atoms with Gasteiger partial charge in [0.05, 0.1) is 13.2 Å². The van der Waals surface area contributed by atoms with Crippen LogP contribution in [-0.2, 0) is 19.3 Å². The number of hydrogen-bond donors (Lipinski definition) is 2. The number of nitrogens with one attached hydrogen (secondary N) is 2. The summed E-state index contributed by atoms with van der Waals surface area (Å²) in [5.74, 6) is 1.98. The van der Waals surface area contributed by atoms with Crippen LogP contribution < -0.4 is 15.4 Å². The SMILES string of the molecule is CN=C(NCc1nc(C(F)(F)F)cs1)NCc1ccccc1OCC1CC1. The molecule has 1 saturated carbocycles. The summed E-state index contributed by atoms with van der Waals surface area (Å²) in [5, 5.41) is 7.49. The molecule has 0 atom stereocenters. The van der Waals surface area contributed by atoms with Gasteiger partial charge in [-0.05, 0) is 24.8 Å². The number of para-hydroxylation sites is 1. The Balaban J connectivity index is 1.51. The van der Waals surface area contributed by atoms with E-state index < -0.39 is 11.9 Å². The van der Waals surface area contributed by atoms with Gasteiger partial charge in [-0.1, -0.05) is 18.2 Å². The van der Waals surface area contributed by atoms with Gasteiger partial charge in [-0.2, -0.15) is 13.2 Å². The molecule has 3 rings (SSSR count). The topological polar surface area (TPSA) is 58.5 Å². The molecule has 1 aromatic heterocycles. The van der Waals surface area contributed by atoms with Crippen LogP contribution in [0.15, 0.2) is 34.6 Å². The second kappa shape index (κ2) is 8.60. The molecule has 0 aliphatic heterocycles. The molecular weight excluding hydrogens is 377 g/mol. The van der Waals surface area contributed by atoms with Gasteiger partial charge >= 0.3 is 6.18 Å². The number of ether oxygens (including phenoxy) is 1. The van der Waals surface area contributed by atoms with Crippen molar-refractivity contribution in [3.63, 3.8) is 0 Å². The van der Waals surface area contributed by atoms with Gasteiger partial charge in [0, 0.05) is 24.5 Å². The second-order valence-corrected chi connectivity index (χ2v) is 7.21. The first kappa shape index (κ1) is 19.5. The molecule has 1 aliphatic rings. The van der Waals surface area contributed by atoms with Crippen molar-refractivity contribution in [2.24, 2.45) is 10.9 Å². The molecule has 2 N–H and O–H groups in total. The Hall–Kier alpha value is -2.29. The average molecular weight is 398 g/mol. The minimum Gasteiger partial charge on any atom is -0.493 e. The molecule has 0 spiro atoms. The zero-order valence-corrected chi connectivity index (χ0v) is 15.7. The maximum atomic E-state index is 12.6. The van der Waals surface area contributed by atoms with Crippen LogP contribution in [0.2, 0.25) is 0 Å². The Morgan fingerprint density at radius 3 is 2.67 bits per heavy atom. The van der Waals surface area contributed by atoms with Crippen molar-refractivity contribution in [1.82, 2.24) is 15.6 Å². The zero-order chi connectivity index (χ0) is 19.3. The van der Waals surface area contributed by atoms with Crippen molar-refractivity contribution in [3.8, 4) is 5.75 Å². The molecule has 9 heteroatoms. The Labute approximate surface area is 159 Å². The summed E-state index contributed by atoms with van der Waals surface area (Å²) in [6, 6.07) is 7.77. The van der Waals surface area contributed by atoms with E-state index in [0.29, 0.717) is 23.4 Å². The molecule has 0 unspecified atom stereocenters. The van der Waals surface area contributed by atoms with E-state index in [1.807, 2.05) is 24.3 Å². The molecule has 0 bridgehead atoms. The molecule has 1 fully saturated rings. The quantitative estimate of drug-likeness (QED) is 0.550. The Kier molecular flexibility index (Phi) is 6.20. The van der Waals surface area contributed by atoms with E-state index >= 15 is 0 Å². The van der Waals surface area contributed by atoms with Gasteiger partial charge in [-0.15, -0.1) is 11.3 Å². The highest BCUT2D eigenvalue weighted by molar-refractivity contribution is 7.09. The Morgan fingerprint density at radius 1 is 1.26 bits per heavy atom. The fourth-order valence-corrected chi connectivity index (χ4v) is 3.10. The first-order valence-corrected chi connectivity index (χ1v) is 9.50. The average Bonchev–Trinajstić information content (AvgIpc) is 3.34. The molecule has 0 saturated heterocycles. The lowest BCUT2D eigenvalue weighted by Gasteiger charge is -2.14. The van der Waals surface area contributed by atoms with Crippen molar-refractivity contribution < 1.29 is 17.9 Å². The third-order valence-corrected chi connectivity index (χ3v) is 4.91. The summed E-state index contributed by atoms with van der Waals surface area (Å²) < 4.78 is 43.7. The molecule has 146 valence electrons. The second-order valence-electron chi connectivity index (χ2n) is 6.27. The summed E-state index contributed by atoms with van der Waals surface area (Å²) in [6.07, 6.45) is -1.97. The summed E-state index contributed by atoms with van der Waals surface area (Å²) >= 11 is 0.965. The zero-order valence-electron chi connectivity index (χ0n) is 14.8. The highest BCUT2D eigenvalue weighted by atomic mass is 32.1. The molecule has 2 aromatic rings. The number of aromatic nitrogens is 1. The fraction of sp³-hybridized carbons (Fsp3) is 0.444. The third-order valence-electron chi connectivity index (χ3n) is 4.06. The van der Waals surface area contributed by atoms with Crippen LogP contribution in [0, 0.1) is 5.92 Å². The van der Waals surface area contributed by atoms with Gasteiger partial charge in [0.1, 0.15) is 10.8 Å². The first-order chi connectivity index (χ1) is 13.0. The fourth-order valence-electron chi connectivity index (χ4n) is 2.36. The first-order valence-electron chi connectivity index (χ1n) is 8.62. The number of hydrogen-bond acceptors (Lipinski definition) is 4. The van der Waals surface area contributed by atoms with Crippen molar-refractivity contribution in [2.45, 2.75) is 32.1 Å². The minimum absolute atomic E-state index is 0.167. The van der Waals surface area contributed by atoms with Crippen LogP contribution >= 0.6 is 11.3 Å². The highest BCUT2D eigenvalue weighted by Gasteiger charge is 2.33. The van der Waals surface area contributed by atoms with E-state index in [2.05, 4.69) is 20.6 Å². The van der Waals surface area contributed by atoms with Crippen LogP contribution in [0.4, 0.5) is 13.2 Å². The van der Waals surface area contributed by atoms with Gasteiger partial charge < -0.3 is 15.4 Å². The smallest absolute Gasteiger partial charge is 0.434 e. The van der Waals surface area contributed by atoms with Gasteiger partial charge in [-0.25, -0.2) is 4.98 Å². The standard InChI is InChI=1S/C18H21F3N4OS/c1-22-17(24-9-16-25-15(11-27-16)18(19,20)21)23-8-13-4-2-3-5-14(13)26-10-12-6-7-12/h2-5,11-12H,6-10H2,1H3,(H2,22,23,24). The van der Waals surface area contributed by atoms with Crippen LogP contribution in [0.1, 0.15) is 29.1 Å².